The zero-order valence-corrected chi connectivity index (χ0v) is 10.8. The summed E-state index contributed by atoms with van der Waals surface area (Å²) in [5, 5.41) is 2.26. The summed E-state index contributed by atoms with van der Waals surface area (Å²) >= 11 is 0. The molecule has 0 saturated carbocycles. The summed E-state index contributed by atoms with van der Waals surface area (Å²) in [5.74, 6) is -0.911. The normalized spacial score (nSPS) is 26.7. The second-order valence-electron chi connectivity index (χ2n) is 4.60. The Morgan fingerprint density at radius 3 is 2.74 bits per heavy atom. The smallest absolute Gasteiger partial charge is 0.254 e. The lowest BCUT2D eigenvalue weighted by Gasteiger charge is -2.28. The van der Waals surface area contributed by atoms with Gasteiger partial charge in [-0.2, -0.15) is 0 Å². The minimum absolute atomic E-state index is 0.231. The highest BCUT2D eigenvalue weighted by Crippen LogP contribution is 2.26. The number of nitrogens with one attached hydrogen (secondary N) is 1. The van der Waals surface area contributed by atoms with Gasteiger partial charge < -0.3 is 4.90 Å². The fraction of sp³-hybridized carbons (Fsp3) is 0.357. The van der Waals surface area contributed by atoms with Crippen molar-refractivity contribution in [1.82, 2.24) is 10.2 Å². The van der Waals surface area contributed by atoms with Gasteiger partial charge in [-0.15, -0.1) is 0 Å². The van der Waals surface area contributed by atoms with E-state index in [1.54, 1.807) is 0 Å². The third kappa shape index (κ3) is 2.50. The molecule has 2 saturated heterocycles. The molecule has 0 aliphatic carbocycles. The first-order chi connectivity index (χ1) is 9.04. The molecule has 0 aromatic carbocycles. The Balaban J connectivity index is 2.18. The number of carbonyl (C=O) groups is 3. The molecule has 2 heterocycles. The first-order valence-corrected chi connectivity index (χ1v) is 6.20. The van der Waals surface area contributed by atoms with Crippen LogP contribution in [-0.2, 0) is 14.4 Å². The Bertz CT molecular complexity index is 517. The van der Waals surface area contributed by atoms with Crippen LogP contribution in [0.3, 0.4) is 0 Å². The van der Waals surface area contributed by atoms with Gasteiger partial charge in [0.15, 0.2) is 0 Å². The van der Waals surface area contributed by atoms with E-state index in [2.05, 4.69) is 11.9 Å². The van der Waals surface area contributed by atoms with Crippen molar-refractivity contribution in [2.45, 2.75) is 25.8 Å². The molecular weight excluding hydrogens is 244 g/mol. The molecule has 100 valence electrons. The molecule has 2 aliphatic rings. The van der Waals surface area contributed by atoms with Gasteiger partial charge in [-0.05, 0) is 18.9 Å². The molecule has 2 rings (SSSR count). The molecule has 0 bridgehead atoms. The summed E-state index contributed by atoms with van der Waals surface area (Å²) < 4.78 is 0. The molecule has 1 N–H and O–H groups in total. The lowest BCUT2D eigenvalue weighted by Crippen LogP contribution is -2.52. The average molecular weight is 260 g/mol. The molecule has 2 fully saturated rings. The van der Waals surface area contributed by atoms with E-state index in [0.29, 0.717) is 18.5 Å². The molecule has 0 radical (unpaired) electrons. The SMILES string of the molecule is C=C1C(=O)N(C2CCC(=O)NC2=O)C/C1=C/C=C\C. The summed E-state index contributed by atoms with van der Waals surface area (Å²) in [7, 11) is 0. The summed E-state index contributed by atoms with van der Waals surface area (Å²) in [6.45, 7) is 6.02. The van der Waals surface area contributed by atoms with Gasteiger partial charge in [0.1, 0.15) is 6.04 Å². The second kappa shape index (κ2) is 5.22. The van der Waals surface area contributed by atoms with Gasteiger partial charge in [0.05, 0.1) is 0 Å². The van der Waals surface area contributed by atoms with Crippen LogP contribution in [0.4, 0.5) is 0 Å². The quantitative estimate of drug-likeness (QED) is 0.587. The van der Waals surface area contributed by atoms with E-state index in [1.165, 1.54) is 4.90 Å². The molecule has 1 unspecified atom stereocenters. The number of amides is 3. The van der Waals surface area contributed by atoms with Gasteiger partial charge in [0, 0.05) is 18.5 Å². The van der Waals surface area contributed by atoms with Crippen LogP contribution in [0.1, 0.15) is 19.8 Å². The number of piperidine rings is 1. The highest BCUT2D eigenvalue weighted by atomic mass is 16.2. The van der Waals surface area contributed by atoms with E-state index in [0.717, 1.165) is 5.57 Å². The first kappa shape index (κ1) is 13.3. The van der Waals surface area contributed by atoms with E-state index in [4.69, 9.17) is 0 Å². The van der Waals surface area contributed by atoms with Crippen LogP contribution in [-0.4, -0.2) is 35.2 Å². The number of imide groups is 1. The third-order valence-corrected chi connectivity index (χ3v) is 3.32. The summed E-state index contributed by atoms with van der Waals surface area (Å²) in [5.41, 5.74) is 1.23. The van der Waals surface area contributed by atoms with Crippen LogP contribution in [0.2, 0.25) is 0 Å². The van der Waals surface area contributed by atoms with Gasteiger partial charge in [-0.25, -0.2) is 0 Å². The average Bonchev–Trinajstić information content (AvgIpc) is 2.64. The molecule has 19 heavy (non-hydrogen) atoms. The van der Waals surface area contributed by atoms with Gasteiger partial charge in [0.2, 0.25) is 11.8 Å². The summed E-state index contributed by atoms with van der Waals surface area (Å²) in [6.07, 6.45) is 6.16. The van der Waals surface area contributed by atoms with Crippen molar-refractivity contribution in [1.29, 1.82) is 0 Å². The Morgan fingerprint density at radius 2 is 2.11 bits per heavy atom. The maximum absolute atomic E-state index is 12.1. The zero-order valence-electron chi connectivity index (χ0n) is 10.8. The standard InChI is InChI=1S/C14H16N2O3/c1-3-4-5-10-8-16(14(19)9(10)2)11-6-7-12(17)15-13(11)18/h3-5,11H,2,6-8H2,1H3,(H,15,17,18)/b4-3-,10-5-. The molecule has 0 spiro atoms. The maximum atomic E-state index is 12.1. The molecule has 5 nitrogen and oxygen atoms in total. The highest BCUT2D eigenvalue weighted by molar-refractivity contribution is 6.06. The minimum Gasteiger partial charge on any atom is -0.322 e. The van der Waals surface area contributed by atoms with Crippen molar-refractivity contribution >= 4 is 17.7 Å². The Hall–Kier alpha value is -2.17. The van der Waals surface area contributed by atoms with Gasteiger partial charge in [0.25, 0.3) is 5.91 Å². The largest absolute Gasteiger partial charge is 0.322 e. The van der Waals surface area contributed by atoms with Gasteiger partial charge in [-0.3, -0.25) is 19.7 Å². The topological polar surface area (TPSA) is 66.5 Å². The predicted octanol–water partition coefficient (Wildman–Crippen LogP) is 0.692. The van der Waals surface area contributed by atoms with Crippen LogP contribution in [0.25, 0.3) is 0 Å². The van der Waals surface area contributed by atoms with Crippen LogP contribution in [0.5, 0.6) is 0 Å². The molecule has 5 heteroatoms. The molecule has 3 amide bonds. The van der Waals surface area contributed by atoms with Crippen molar-refractivity contribution in [3.8, 4) is 0 Å². The Labute approximate surface area is 111 Å². The number of hydrogen-bond acceptors (Lipinski definition) is 3. The lowest BCUT2D eigenvalue weighted by molar-refractivity contribution is -0.142. The third-order valence-electron chi connectivity index (χ3n) is 3.32. The predicted molar refractivity (Wildman–Crippen MR) is 69.9 cm³/mol. The van der Waals surface area contributed by atoms with Crippen molar-refractivity contribution in [3.05, 3.63) is 36.0 Å². The Kier molecular flexibility index (Phi) is 3.64. The van der Waals surface area contributed by atoms with Crippen LogP contribution >= 0.6 is 0 Å². The number of carbonyl (C=O) groups excluding carboxylic acids is 3. The van der Waals surface area contributed by atoms with E-state index < -0.39 is 11.9 Å². The summed E-state index contributed by atoms with van der Waals surface area (Å²) in [4.78, 5) is 36.5. The number of likely N-dealkylation sites (tertiary alicyclic amines) is 1. The van der Waals surface area contributed by atoms with Gasteiger partial charge in [-0.1, -0.05) is 24.8 Å². The van der Waals surface area contributed by atoms with Crippen LogP contribution in [0.15, 0.2) is 36.0 Å². The van der Waals surface area contributed by atoms with Gasteiger partial charge >= 0.3 is 0 Å². The van der Waals surface area contributed by atoms with Crippen molar-refractivity contribution < 1.29 is 14.4 Å². The molecular formula is C14H16N2O3. The molecule has 1 atom stereocenters. The molecule has 2 aliphatic heterocycles. The van der Waals surface area contributed by atoms with E-state index in [9.17, 15) is 14.4 Å². The maximum Gasteiger partial charge on any atom is 0.254 e. The number of allylic oxidation sites excluding steroid dienone is 3. The minimum atomic E-state index is -0.571. The first-order valence-electron chi connectivity index (χ1n) is 6.20. The van der Waals surface area contributed by atoms with Crippen molar-refractivity contribution in [2.75, 3.05) is 6.54 Å². The second-order valence-corrected chi connectivity index (χ2v) is 4.60. The van der Waals surface area contributed by atoms with Crippen LogP contribution < -0.4 is 5.32 Å². The van der Waals surface area contributed by atoms with E-state index >= 15 is 0 Å². The molecule has 0 aromatic heterocycles. The Morgan fingerprint density at radius 1 is 1.37 bits per heavy atom. The fourth-order valence-corrected chi connectivity index (χ4v) is 2.26. The monoisotopic (exact) mass is 260 g/mol. The lowest BCUT2D eigenvalue weighted by atomic mass is 10.0. The number of rotatable bonds is 2. The van der Waals surface area contributed by atoms with E-state index in [1.807, 2.05) is 25.2 Å². The highest BCUT2D eigenvalue weighted by Gasteiger charge is 2.39. The van der Waals surface area contributed by atoms with E-state index in [-0.39, 0.29) is 18.2 Å². The van der Waals surface area contributed by atoms with Crippen molar-refractivity contribution in [2.24, 2.45) is 0 Å². The molecule has 0 aromatic rings. The van der Waals surface area contributed by atoms with Crippen LogP contribution in [0, 0.1) is 0 Å². The zero-order chi connectivity index (χ0) is 14.0. The summed E-state index contributed by atoms with van der Waals surface area (Å²) in [6, 6.07) is -0.571. The number of hydrogen-bond donors (Lipinski definition) is 1. The number of nitrogens with zero attached hydrogens (tertiary/aromatic N) is 1. The fourth-order valence-electron chi connectivity index (χ4n) is 2.26. The van der Waals surface area contributed by atoms with Crippen molar-refractivity contribution in [3.63, 3.8) is 0 Å².